The number of hydrogen-bond acceptors (Lipinski definition) is 6. The summed E-state index contributed by atoms with van der Waals surface area (Å²) < 4.78 is 1.06. The number of para-hydroxylation sites is 1. The minimum Gasteiger partial charge on any atom is -0.357 e. The van der Waals surface area contributed by atoms with Crippen LogP contribution < -0.4 is 10.2 Å². The van der Waals surface area contributed by atoms with Crippen LogP contribution in [0.15, 0.2) is 30.6 Å². The maximum absolute atomic E-state index is 12.6. The molecular weight excluding hydrogens is 334 g/mol. The molecule has 1 amide bonds. The van der Waals surface area contributed by atoms with Crippen LogP contribution in [0.4, 0.5) is 10.9 Å². The van der Waals surface area contributed by atoms with Gasteiger partial charge in [-0.05, 0) is 37.8 Å². The van der Waals surface area contributed by atoms with Crippen molar-refractivity contribution in [2.24, 2.45) is 0 Å². The van der Waals surface area contributed by atoms with E-state index in [0.717, 1.165) is 47.5 Å². The number of carbonyl (C=O) groups excluding carboxylic acids is 1. The van der Waals surface area contributed by atoms with Crippen LogP contribution in [0.2, 0.25) is 0 Å². The minimum absolute atomic E-state index is 0.252. The van der Waals surface area contributed by atoms with Gasteiger partial charge in [0.15, 0.2) is 5.13 Å². The van der Waals surface area contributed by atoms with E-state index in [0.29, 0.717) is 10.8 Å². The number of nitrogens with one attached hydrogen (secondary N) is 1. The van der Waals surface area contributed by atoms with Crippen molar-refractivity contribution in [2.45, 2.75) is 26.2 Å². The second-order valence-electron chi connectivity index (χ2n) is 6.20. The van der Waals surface area contributed by atoms with E-state index >= 15 is 0 Å². The van der Waals surface area contributed by atoms with Gasteiger partial charge in [0.1, 0.15) is 17.8 Å². The third-order valence-corrected chi connectivity index (χ3v) is 5.34. The molecule has 3 aromatic rings. The van der Waals surface area contributed by atoms with Crippen molar-refractivity contribution in [1.29, 1.82) is 0 Å². The van der Waals surface area contributed by atoms with Crippen LogP contribution in [0.25, 0.3) is 10.2 Å². The zero-order valence-electron chi connectivity index (χ0n) is 14.0. The first kappa shape index (κ1) is 16.0. The predicted molar refractivity (Wildman–Crippen MR) is 100 cm³/mol. The Hall–Kier alpha value is -2.54. The Morgan fingerprint density at radius 3 is 2.84 bits per heavy atom. The number of rotatable bonds is 3. The monoisotopic (exact) mass is 353 g/mol. The first-order valence-electron chi connectivity index (χ1n) is 8.45. The number of hydrogen-bond donors (Lipinski definition) is 1. The molecule has 2 aromatic heterocycles. The second kappa shape index (κ2) is 6.76. The molecule has 1 N–H and O–H groups in total. The van der Waals surface area contributed by atoms with Crippen LogP contribution in [0.3, 0.4) is 0 Å². The molecule has 6 nitrogen and oxygen atoms in total. The van der Waals surface area contributed by atoms with Gasteiger partial charge in [-0.25, -0.2) is 15.0 Å². The molecule has 1 aromatic carbocycles. The molecule has 0 radical (unpaired) electrons. The van der Waals surface area contributed by atoms with Gasteiger partial charge in [0, 0.05) is 19.2 Å². The molecule has 0 atom stereocenters. The molecule has 4 rings (SSSR count). The van der Waals surface area contributed by atoms with E-state index in [9.17, 15) is 4.79 Å². The fraction of sp³-hybridized carbons (Fsp3) is 0.333. The number of aryl methyl sites for hydroxylation is 1. The molecule has 3 heterocycles. The molecule has 0 unspecified atom stereocenters. The van der Waals surface area contributed by atoms with Crippen LogP contribution in [0.1, 0.15) is 35.3 Å². The smallest absolute Gasteiger partial charge is 0.276 e. The number of piperidine rings is 1. The fourth-order valence-corrected chi connectivity index (χ4v) is 4.01. The highest BCUT2D eigenvalue weighted by atomic mass is 32.1. The lowest BCUT2D eigenvalue weighted by molar-refractivity contribution is 0.102. The van der Waals surface area contributed by atoms with Crippen molar-refractivity contribution in [3.8, 4) is 0 Å². The Kier molecular flexibility index (Phi) is 4.31. The summed E-state index contributed by atoms with van der Waals surface area (Å²) >= 11 is 1.47. The van der Waals surface area contributed by atoms with Gasteiger partial charge < -0.3 is 4.90 Å². The summed E-state index contributed by atoms with van der Waals surface area (Å²) in [4.78, 5) is 27.7. The quantitative estimate of drug-likeness (QED) is 0.778. The molecular formula is C18H19N5OS. The highest BCUT2D eigenvalue weighted by Crippen LogP contribution is 2.28. The summed E-state index contributed by atoms with van der Waals surface area (Å²) in [6, 6.07) is 7.79. The molecule has 1 saturated heterocycles. The number of amides is 1. The Bertz CT molecular complexity index is 917. The van der Waals surface area contributed by atoms with Crippen LogP contribution in [0.5, 0.6) is 0 Å². The topological polar surface area (TPSA) is 71.0 Å². The number of fused-ring (bicyclic) bond motifs is 1. The maximum atomic E-state index is 12.6. The van der Waals surface area contributed by atoms with E-state index in [-0.39, 0.29) is 5.91 Å². The average Bonchev–Trinajstić information content (AvgIpc) is 3.06. The molecule has 0 bridgehead atoms. The summed E-state index contributed by atoms with van der Waals surface area (Å²) in [5.41, 5.74) is 2.40. The van der Waals surface area contributed by atoms with E-state index in [4.69, 9.17) is 0 Å². The van der Waals surface area contributed by atoms with Gasteiger partial charge in [0.25, 0.3) is 5.91 Å². The molecule has 0 spiro atoms. The lowest BCUT2D eigenvalue weighted by atomic mass is 10.1. The SMILES string of the molecule is Cc1cccc2sc(NC(=O)c3cc(N4CCCCC4)ncn3)nc12. The Balaban J connectivity index is 1.54. The van der Waals surface area contributed by atoms with E-state index in [1.807, 2.05) is 25.1 Å². The van der Waals surface area contributed by atoms with E-state index in [2.05, 4.69) is 25.2 Å². The third-order valence-electron chi connectivity index (χ3n) is 4.41. The standard InChI is InChI=1S/C18H19N5OS/c1-12-6-5-7-14-16(12)21-18(25-14)22-17(24)13-10-15(20-11-19-13)23-8-3-2-4-9-23/h5-7,10-11H,2-4,8-9H2,1H3,(H,21,22,24). The molecule has 1 fully saturated rings. The van der Waals surface area contributed by atoms with E-state index in [1.54, 1.807) is 6.07 Å². The van der Waals surface area contributed by atoms with Crippen molar-refractivity contribution in [3.05, 3.63) is 41.9 Å². The third kappa shape index (κ3) is 3.32. The zero-order valence-corrected chi connectivity index (χ0v) is 14.8. The predicted octanol–water partition coefficient (Wildman–Crippen LogP) is 3.64. The molecule has 0 aliphatic carbocycles. The highest BCUT2D eigenvalue weighted by molar-refractivity contribution is 7.22. The van der Waals surface area contributed by atoms with Gasteiger partial charge in [0.2, 0.25) is 0 Å². The minimum atomic E-state index is -0.252. The number of anilines is 2. The molecule has 1 aliphatic heterocycles. The van der Waals surface area contributed by atoms with Crippen LogP contribution in [-0.4, -0.2) is 33.9 Å². The number of aromatic nitrogens is 3. The summed E-state index contributed by atoms with van der Waals surface area (Å²) in [6.45, 7) is 3.98. The maximum Gasteiger partial charge on any atom is 0.276 e. The lowest BCUT2D eigenvalue weighted by Crippen LogP contribution is -2.30. The molecule has 7 heteroatoms. The zero-order chi connectivity index (χ0) is 17.2. The first-order chi connectivity index (χ1) is 12.2. The summed E-state index contributed by atoms with van der Waals surface area (Å²) in [5, 5.41) is 3.45. The molecule has 128 valence electrons. The number of thiazole rings is 1. The van der Waals surface area contributed by atoms with Crippen LogP contribution in [-0.2, 0) is 0 Å². The molecule has 1 aliphatic rings. The second-order valence-corrected chi connectivity index (χ2v) is 7.23. The largest absolute Gasteiger partial charge is 0.357 e. The van der Waals surface area contributed by atoms with Gasteiger partial charge in [-0.15, -0.1) is 0 Å². The normalized spacial score (nSPS) is 14.7. The Labute approximate surface area is 149 Å². The van der Waals surface area contributed by atoms with Gasteiger partial charge >= 0.3 is 0 Å². The summed E-state index contributed by atoms with van der Waals surface area (Å²) in [6.07, 6.45) is 5.04. The lowest BCUT2D eigenvalue weighted by Gasteiger charge is -2.27. The van der Waals surface area contributed by atoms with E-state index in [1.165, 1.54) is 24.1 Å². The summed E-state index contributed by atoms with van der Waals surface area (Å²) in [7, 11) is 0. The molecule has 25 heavy (non-hydrogen) atoms. The van der Waals surface area contributed by atoms with Crippen molar-refractivity contribution in [3.63, 3.8) is 0 Å². The summed E-state index contributed by atoms with van der Waals surface area (Å²) in [5.74, 6) is 0.567. The number of carbonyl (C=O) groups is 1. The first-order valence-corrected chi connectivity index (χ1v) is 9.27. The van der Waals surface area contributed by atoms with Crippen molar-refractivity contribution >= 4 is 38.4 Å². The van der Waals surface area contributed by atoms with Crippen molar-refractivity contribution < 1.29 is 4.79 Å². The van der Waals surface area contributed by atoms with Gasteiger partial charge in [-0.1, -0.05) is 23.5 Å². The van der Waals surface area contributed by atoms with E-state index < -0.39 is 0 Å². The van der Waals surface area contributed by atoms with Gasteiger partial charge in [-0.2, -0.15) is 0 Å². The van der Waals surface area contributed by atoms with Gasteiger partial charge in [-0.3, -0.25) is 10.1 Å². The number of benzene rings is 1. The highest BCUT2D eigenvalue weighted by Gasteiger charge is 2.16. The van der Waals surface area contributed by atoms with Crippen molar-refractivity contribution in [1.82, 2.24) is 15.0 Å². The Morgan fingerprint density at radius 2 is 2.04 bits per heavy atom. The van der Waals surface area contributed by atoms with Gasteiger partial charge in [0.05, 0.1) is 10.2 Å². The molecule has 0 saturated carbocycles. The van der Waals surface area contributed by atoms with Crippen LogP contribution in [0, 0.1) is 6.92 Å². The number of nitrogens with zero attached hydrogens (tertiary/aromatic N) is 4. The Morgan fingerprint density at radius 1 is 1.20 bits per heavy atom. The van der Waals surface area contributed by atoms with Crippen LogP contribution >= 0.6 is 11.3 Å². The van der Waals surface area contributed by atoms with Crippen molar-refractivity contribution in [2.75, 3.05) is 23.3 Å². The fourth-order valence-electron chi connectivity index (χ4n) is 3.07. The average molecular weight is 353 g/mol.